The molecule has 0 heteroatoms. The van der Waals surface area contributed by atoms with Gasteiger partial charge in [-0.15, -0.1) is 0 Å². The van der Waals surface area contributed by atoms with Gasteiger partial charge in [0.1, 0.15) is 0 Å². The summed E-state index contributed by atoms with van der Waals surface area (Å²) in [4.78, 5) is 0. The van der Waals surface area contributed by atoms with Crippen molar-refractivity contribution < 1.29 is 0 Å². The zero-order chi connectivity index (χ0) is 20.8. The van der Waals surface area contributed by atoms with E-state index in [1.165, 1.54) is 41.4 Å². The first kappa shape index (κ1) is 17.4. The van der Waals surface area contributed by atoms with Gasteiger partial charge in [-0.05, 0) is 162 Å². The average Bonchev–Trinajstić information content (AvgIpc) is 2.94. The van der Waals surface area contributed by atoms with Crippen LogP contribution in [-0.2, 0) is 0 Å². The van der Waals surface area contributed by atoms with Crippen molar-refractivity contribution >= 4 is 0 Å². The molecule has 13 aliphatic carbocycles. The number of fused-ring (bicyclic) bond motifs is 1. The van der Waals surface area contributed by atoms with Gasteiger partial charge in [0.05, 0.1) is 0 Å². The fourth-order valence-corrected chi connectivity index (χ4v) is 18.9. The summed E-state index contributed by atoms with van der Waals surface area (Å²) in [6, 6.07) is 0. The second-order valence-corrected chi connectivity index (χ2v) is 16.7. The van der Waals surface area contributed by atoms with E-state index in [-0.39, 0.29) is 0 Å². The van der Waals surface area contributed by atoms with Crippen molar-refractivity contribution in [3.8, 4) is 0 Å². The Bertz CT molecular complexity index is 1010. The zero-order valence-electron chi connectivity index (χ0n) is 20.8. The van der Waals surface area contributed by atoms with Gasteiger partial charge in [0.15, 0.2) is 0 Å². The molecule has 32 heavy (non-hydrogen) atoms. The van der Waals surface area contributed by atoms with Gasteiger partial charge in [-0.1, -0.05) is 33.6 Å². The van der Waals surface area contributed by atoms with Crippen LogP contribution < -0.4 is 0 Å². The molecule has 0 aromatic carbocycles. The number of rotatable bonds is 1. The van der Waals surface area contributed by atoms with Gasteiger partial charge in [-0.2, -0.15) is 0 Å². The molecule has 18 atom stereocenters. The van der Waals surface area contributed by atoms with E-state index < -0.39 is 0 Å². The van der Waals surface area contributed by atoms with Crippen LogP contribution in [0, 0.1) is 104 Å². The maximum Gasteiger partial charge on any atom is -0.0111 e. The SMILES string of the molecule is CCC12C3CCC4CCCC5C6CC7(C8CC9C(C61)C21C(C2CC8C2(C)CCC91C)C47)C53. The highest BCUT2D eigenvalue weighted by molar-refractivity contribution is 5.46. The summed E-state index contributed by atoms with van der Waals surface area (Å²) >= 11 is 0. The Kier molecular flexibility index (Phi) is 2.37. The van der Waals surface area contributed by atoms with Crippen molar-refractivity contribution in [1.82, 2.24) is 0 Å². The molecule has 0 aromatic heterocycles. The van der Waals surface area contributed by atoms with Crippen LogP contribution >= 0.6 is 0 Å². The summed E-state index contributed by atoms with van der Waals surface area (Å²) < 4.78 is 0. The summed E-state index contributed by atoms with van der Waals surface area (Å²) in [6.45, 7) is 8.59. The lowest BCUT2D eigenvalue weighted by Gasteiger charge is -2.92. The highest BCUT2D eigenvalue weighted by Crippen LogP contribution is 3.04. The standard InChI is InChI=1S/C32H44/c1-4-31-18-9-8-15-6-5-7-16-17-14-30(24(16)18)20-13-22-27(25(17)31)32(31)26(23(15)30)21-12-19(20)28(21,2)10-11-29(22,32)3/h15-27H,4-14H2,1-3H3. The lowest BCUT2D eigenvalue weighted by Crippen LogP contribution is -2.89. The van der Waals surface area contributed by atoms with Crippen LogP contribution in [0.5, 0.6) is 0 Å². The smallest absolute Gasteiger partial charge is 0.0111 e. The Labute approximate surface area is 195 Å². The lowest BCUT2D eigenvalue weighted by molar-refractivity contribution is -0.460. The van der Waals surface area contributed by atoms with Crippen LogP contribution in [0.15, 0.2) is 0 Å². The Morgan fingerprint density at radius 3 is 2.41 bits per heavy atom. The third-order valence-corrected chi connectivity index (χ3v) is 18.3. The quantitative estimate of drug-likeness (QED) is 0.407. The molecule has 13 fully saturated rings. The van der Waals surface area contributed by atoms with Crippen molar-refractivity contribution in [2.45, 2.75) is 91.4 Å². The summed E-state index contributed by atoms with van der Waals surface area (Å²) in [5.74, 6) is 15.2. The van der Waals surface area contributed by atoms with Crippen molar-refractivity contribution in [3.63, 3.8) is 0 Å². The first-order valence-electron chi connectivity index (χ1n) is 15.5. The molecule has 0 radical (unpaired) electrons. The van der Waals surface area contributed by atoms with Crippen LogP contribution in [0.1, 0.15) is 91.4 Å². The second-order valence-electron chi connectivity index (χ2n) is 16.7. The van der Waals surface area contributed by atoms with Crippen molar-refractivity contribution in [2.75, 3.05) is 0 Å². The minimum Gasteiger partial charge on any atom is -0.0648 e. The molecule has 0 aromatic rings. The van der Waals surface area contributed by atoms with Crippen LogP contribution in [0.2, 0.25) is 0 Å². The normalized spacial score (nSPS) is 82.0. The molecule has 0 amide bonds. The maximum atomic E-state index is 2.96. The molecule has 2 spiro atoms. The molecule has 13 rings (SSSR count). The predicted molar refractivity (Wildman–Crippen MR) is 125 cm³/mol. The van der Waals surface area contributed by atoms with E-state index in [1.54, 1.807) is 70.6 Å². The van der Waals surface area contributed by atoms with E-state index in [0.717, 1.165) is 62.6 Å². The molecule has 0 heterocycles. The van der Waals surface area contributed by atoms with Crippen molar-refractivity contribution in [3.05, 3.63) is 0 Å². The lowest BCUT2D eigenvalue weighted by atomic mass is 9.11. The number of hydrogen-bond donors (Lipinski definition) is 0. The predicted octanol–water partition coefficient (Wildman–Crippen LogP) is 7.43. The molecule has 0 aliphatic heterocycles. The van der Waals surface area contributed by atoms with E-state index in [0.29, 0.717) is 0 Å². The molecule has 13 saturated carbocycles. The highest BCUT2D eigenvalue weighted by atomic mass is 15.0. The summed E-state index contributed by atoms with van der Waals surface area (Å²) in [7, 11) is 0. The fourth-order valence-electron chi connectivity index (χ4n) is 18.9. The maximum absolute atomic E-state index is 2.96. The van der Waals surface area contributed by atoms with Gasteiger partial charge in [0.25, 0.3) is 0 Å². The van der Waals surface area contributed by atoms with E-state index in [1.807, 2.05) is 0 Å². The monoisotopic (exact) mass is 428 g/mol. The summed E-state index contributed by atoms with van der Waals surface area (Å²) in [5.41, 5.74) is 3.94. The van der Waals surface area contributed by atoms with Gasteiger partial charge in [0.2, 0.25) is 0 Å². The molecule has 0 nitrogen and oxygen atoms in total. The van der Waals surface area contributed by atoms with E-state index in [9.17, 15) is 0 Å². The van der Waals surface area contributed by atoms with Gasteiger partial charge in [-0.3, -0.25) is 0 Å². The van der Waals surface area contributed by atoms with Crippen LogP contribution in [0.4, 0.5) is 0 Å². The van der Waals surface area contributed by atoms with E-state index >= 15 is 0 Å². The summed E-state index contributed by atoms with van der Waals surface area (Å²) in [5, 5.41) is 0. The molecule has 0 saturated heterocycles. The first-order valence-corrected chi connectivity index (χ1v) is 15.5. The van der Waals surface area contributed by atoms with Gasteiger partial charge >= 0.3 is 0 Å². The Morgan fingerprint density at radius 2 is 1.53 bits per heavy atom. The Balaban J connectivity index is 1.38. The third kappa shape index (κ3) is 1.09. The van der Waals surface area contributed by atoms with Crippen molar-refractivity contribution in [1.29, 1.82) is 0 Å². The molecule has 0 N–H and O–H groups in total. The Morgan fingerprint density at radius 1 is 0.688 bits per heavy atom. The zero-order valence-corrected chi connectivity index (χ0v) is 20.8. The van der Waals surface area contributed by atoms with Crippen LogP contribution in [0.3, 0.4) is 0 Å². The minimum atomic E-state index is 0.737. The average molecular weight is 429 g/mol. The van der Waals surface area contributed by atoms with E-state index in [2.05, 4.69) is 20.8 Å². The second kappa shape index (κ2) is 4.36. The minimum absolute atomic E-state index is 0.737. The molecular weight excluding hydrogens is 384 g/mol. The van der Waals surface area contributed by atoms with Crippen LogP contribution in [0.25, 0.3) is 0 Å². The largest absolute Gasteiger partial charge is 0.0648 e. The molecule has 13 aliphatic rings. The third-order valence-electron chi connectivity index (χ3n) is 18.3. The van der Waals surface area contributed by atoms with Crippen LogP contribution in [-0.4, -0.2) is 0 Å². The highest BCUT2D eigenvalue weighted by Gasteiger charge is 2.99. The molecule has 172 valence electrons. The molecule has 18 unspecified atom stereocenters. The van der Waals surface area contributed by atoms with Crippen molar-refractivity contribution in [2.24, 2.45) is 104 Å². The summed E-state index contributed by atoms with van der Waals surface area (Å²) in [6.07, 6.45) is 18.3. The fraction of sp³-hybridized carbons (Fsp3) is 1.00. The van der Waals surface area contributed by atoms with Gasteiger partial charge in [0, 0.05) is 0 Å². The number of hydrogen-bond acceptors (Lipinski definition) is 0. The van der Waals surface area contributed by atoms with Gasteiger partial charge < -0.3 is 0 Å². The molecule has 17 bridgehead atoms. The Hall–Kier alpha value is 0. The first-order chi connectivity index (χ1) is 15.5. The molecular formula is C32H44. The van der Waals surface area contributed by atoms with E-state index in [4.69, 9.17) is 0 Å². The topological polar surface area (TPSA) is 0 Å². The van der Waals surface area contributed by atoms with Gasteiger partial charge in [-0.25, -0.2) is 0 Å².